The van der Waals surface area contributed by atoms with E-state index in [4.69, 9.17) is 5.84 Å². The second-order valence-corrected chi connectivity index (χ2v) is 4.86. The van der Waals surface area contributed by atoms with E-state index in [0.717, 1.165) is 16.8 Å². The van der Waals surface area contributed by atoms with Gasteiger partial charge in [-0.15, -0.1) is 0 Å². The number of carbonyl (C=O) groups excluding carboxylic acids is 1. The Balaban J connectivity index is 2.12. The molecule has 6 nitrogen and oxygen atoms in total. The number of benzene rings is 1. The third-order valence-electron chi connectivity index (χ3n) is 3.15. The smallest absolute Gasteiger partial charge is 0.253 e. The second-order valence-electron chi connectivity index (χ2n) is 4.86. The van der Waals surface area contributed by atoms with Crippen LogP contribution in [0.1, 0.15) is 21.5 Å². The SMILES string of the molecule is Cc1cc(C(=O)N(C)Cc2cnn(C)c2)ccc1NN. The van der Waals surface area contributed by atoms with E-state index in [-0.39, 0.29) is 5.91 Å². The van der Waals surface area contributed by atoms with Crippen LogP contribution >= 0.6 is 0 Å². The number of aromatic nitrogens is 2. The van der Waals surface area contributed by atoms with Crippen LogP contribution in [0.5, 0.6) is 0 Å². The molecule has 0 fully saturated rings. The number of anilines is 1. The molecule has 1 amide bonds. The number of nitrogens with one attached hydrogen (secondary N) is 1. The van der Waals surface area contributed by atoms with Crippen LogP contribution in [0.25, 0.3) is 0 Å². The fraction of sp³-hybridized carbons (Fsp3) is 0.286. The fourth-order valence-corrected chi connectivity index (χ4v) is 2.08. The van der Waals surface area contributed by atoms with Gasteiger partial charge < -0.3 is 10.3 Å². The number of nitrogens with two attached hydrogens (primary N) is 1. The van der Waals surface area contributed by atoms with Gasteiger partial charge in [-0.05, 0) is 30.7 Å². The first-order chi connectivity index (χ1) is 9.51. The lowest BCUT2D eigenvalue weighted by Crippen LogP contribution is -2.26. The molecule has 0 aliphatic heterocycles. The number of aryl methyl sites for hydroxylation is 2. The lowest BCUT2D eigenvalue weighted by molar-refractivity contribution is 0.0785. The predicted molar refractivity (Wildman–Crippen MR) is 78.0 cm³/mol. The summed E-state index contributed by atoms with van der Waals surface area (Å²) in [4.78, 5) is 14.0. The molecular formula is C14H19N5O. The summed E-state index contributed by atoms with van der Waals surface area (Å²) in [7, 11) is 3.63. The highest BCUT2D eigenvalue weighted by Crippen LogP contribution is 2.17. The van der Waals surface area contributed by atoms with Crippen molar-refractivity contribution in [3.63, 3.8) is 0 Å². The maximum Gasteiger partial charge on any atom is 0.253 e. The van der Waals surface area contributed by atoms with Gasteiger partial charge in [-0.1, -0.05) is 0 Å². The summed E-state index contributed by atoms with van der Waals surface area (Å²) in [5, 5.41) is 4.10. The van der Waals surface area contributed by atoms with Crippen molar-refractivity contribution in [1.29, 1.82) is 0 Å². The number of rotatable bonds is 4. The molecule has 2 aromatic rings. The number of hydrazine groups is 1. The minimum absolute atomic E-state index is 0.0273. The minimum atomic E-state index is -0.0273. The first kappa shape index (κ1) is 14.1. The maximum absolute atomic E-state index is 12.4. The number of nitrogen functional groups attached to an aromatic ring is 1. The van der Waals surface area contributed by atoms with Crippen LogP contribution < -0.4 is 11.3 Å². The molecule has 1 aromatic carbocycles. The zero-order chi connectivity index (χ0) is 14.7. The van der Waals surface area contributed by atoms with E-state index in [1.165, 1.54) is 0 Å². The average Bonchev–Trinajstić information content (AvgIpc) is 2.83. The molecule has 0 bridgehead atoms. The van der Waals surface area contributed by atoms with Gasteiger partial charge in [0.1, 0.15) is 0 Å². The van der Waals surface area contributed by atoms with Crippen LogP contribution in [0, 0.1) is 6.92 Å². The molecule has 0 aliphatic rings. The number of hydrogen-bond donors (Lipinski definition) is 2. The molecule has 6 heteroatoms. The average molecular weight is 273 g/mol. The largest absolute Gasteiger partial charge is 0.337 e. The molecule has 1 heterocycles. The Morgan fingerprint density at radius 2 is 2.25 bits per heavy atom. The maximum atomic E-state index is 12.4. The van der Waals surface area contributed by atoms with Crippen molar-refractivity contribution >= 4 is 11.6 Å². The Morgan fingerprint density at radius 1 is 1.50 bits per heavy atom. The predicted octanol–water partition coefficient (Wildman–Crippen LogP) is 1.29. The van der Waals surface area contributed by atoms with E-state index in [9.17, 15) is 4.79 Å². The van der Waals surface area contributed by atoms with Gasteiger partial charge in [0, 0.05) is 38.0 Å². The third-order valence-corrected chi connectivity index (χ3v) is 3.15. The molecule has 0 spiro atoms. The molecule has 0 saturated carbocycles. The molecular weight excluding hydrogens is 254 g/mol. The van der Waals surface area contributed by atoms with Gasteiger partial charge in [-0.25, -0.2) is 0 Å². The van der Waals surface area contributed by atoms with Crippen molar-refractivity contribution < 1.29 is 4.79 Å². The van der Waals surface area contributed by atoms with Gasteiger partial charge in [0.05, 0.1) is 11.9 Å². The van der Waals surface area contributed by atoms with Gasteiger partial charge >= 0.3 is 0 Å². The highest BCUT2D eigenvalue weighted by Gasteiger charge is 2.13. The van der Waals surface area contributed by atoms with Crippen LogP contribution in [0.4, 0.5) is 5.69 Å². The van der Waals surface area contributed by atoms with E-state index in [1.807, 2.05) is 26.2 Å². The Hall–Kier alpha value is -2.34. The molecule has 106 valence electrons. The molecule has 0 atom stereocenters. The molecule has 0 aliphatic carbocycles. The van der Waals surface area contributed by atoms with Gasteiger partial charge in [0.2, 0.25) is 0 Å². The summed E-state index contributed by atoms with van der Waals surface area (Å²) >= 11 is 0. The molecule has 0 unspecified atom stereocenters. The van der Waals surface area contributed by atoms with Crippen molar-refractivity contribution in [3.8, 4) is 0 Å². The van der Waals surface area contributed by atoms with Gasteiger partial charge in [0.25, 0.3) is 5.91 Å². The number of hydrogen-bond acceptors (Lipinski definition) is 4. The summed E-state index contributed by atoms with van der Waals surface area (Å²) < 4.78 is 1.72. The van der Waals surface area contributed by atoms with Crippen LogP contribution in [0.3, 0.4) is 0 Å². The van der Waals surface area contributed by atoms with Crippen LogP contribution in [-0.4, -0.2) is 27.6 Å². The number of nitrogens with zero attached hydrogens (tertiary/aromatic N) is 3. The molecule has 1 aromatic heterocycles. The lowest BCUT2D eigenvalue weighted by atomic mass is 10.1. The van der Waals surface area contributed by atoms with E-state index in [2.05, 4.69) is 10.5 Å². The van der Waals surface area contributed by atoms with Crippen molar-refractivity contribution in [3.05, 3.63) is 47.3 Å². The third kappa shape index (κ3) is 2.97. The highest BCUT2D eigenvalue weighted by atomic mass is 16.2. The minimum Gasteiger partial charge on any atom is -0.337 e. The first-order valence-corrected chi connectivity index (χ1v) is 6.31. The molecule has 2 rings (SSSR count). The summed E-state index contributed by atoms with van der Waals surface area (Å²) in [6.07, 6.45) is 3.66. The lowest BCUT2D eigenvalue weighted by Gasteiger charge is -2.17. The van der Waals surface area contributed by atoms with Gasteiger partial charge in [-0.2, -0.15) is 5.10 Å². The fourth-order valence-electron chi connectivity index (χ4n) is 2.08. The zero-order valence-corrected chi connectivity index (χ0v) is 11.9. The van der Waals surface area contributed by atoms with Crippen LogP contribution in [-0.2, 0) is 13.6 Å². The van der Waals surface area contributed by atoms with E-state index in [1.54, 1.807) is 35.0 Å². The standard InChI is InChI=1S/C14H19N5O/c1-10-6-12(4-5-13(10)17-15)14(20)18(2)8-11-7-16-19(3)9-11/h4-7,9,17H,8,15H2,1-3H3. The summed E-state index contributed by atoms with van der Waals surface area (Å²) in [6, 6.07) is 5.40. The quantitative estimate of drug-likeness (QED) is 0.650. The van der Waals surface area contributed by atoms with E-state index < -0.39 is 0 Å². The van der Waals surface area contributed by atoms with E-state index >= 15 is 0 Å². The highest BCUT2D eigenvalue weighted by molar-refractivity contribution is 5.94. The van der Waals surface area contributed by atoms with Gasteiger partial charge in [0.15, 0.2) is 0 Å². The molecule has 0 radical (unpaired) electrons. The normalized spacial score (nSPS) is 10.4. The zero-order valence-electron chi connectivity index (χ0n) is 11.9. The summed E-state index contributed by atoms with van der Waals surface area (Å²) in [5.41, 5.74) is 6.00. The van der Waals surface area contributed by atoms with Crippen LogP contribution in [0.15, 0.2) is 30.6 Å². The van der Waals surface area contributed by atoms with Crippen molar-refractivity contribution in [2.24, 2.45) is 12.9 Å². The number of carbonyl (C=O) groups is 1. The Labute approximate surface area is 118 Å². The van der Waals surface area contributed by atoms with Crippen LogP contribution in [0.2, 0.25) is 0 Å². The second kappa shape index (κ2) is 5.75. The van der Waals surface area contributed by atoms with Crippen molar-refractivity contribution in [2.45, 2.75) is 13.5 Å². The Kier molecular flexibility index (Phi) is 4.05. The first-order valence-electron chi connectivity index (χ1n) is 6.31. The summed E-state index contributed by atoms with van der Waals surface area (Å²) in [6.45, 7) is 2.44. The summed E-state index contributed by atoms with van der Waals surface area (Å²) in [5.74, 6) is 5.36. The number of amides is 1. The Bertz CT molecular complexity index is 620. The molecule has 20 heavy (non-hydrogen) atoms. The Morgan fingerprint density at radius 3 is 2.80 bits per heavy atom. The monoisotopic (exact) mass is 273 g/mol. The van der Waals surface area contributed by atoms with Gasteiger partial charge in [-0.3, -0.25) is 15.3 Å². The molecule has 0 saturated heterocycles. The van der Waals surface area contributed by atoms with Crippen molar-refractivity contribution in [2.75, 3.05) is 12.5 Å². The van der Waals surface area contributed by atoms with E-state index in [0.29, 0.717) is 12.1 Å². The molecule has 3 N–H and O–H groups in total. The topological polar surface area (TPSA) is 76.2 Å². The van der Waals surface area contributed by atoms with Crippen molar-refractivity contribution in [1.82, 2.24) is 14.7 Å².